The van der Waals surface area contributed by atoms with Gasteiger partial charge in [0, 0.05) is 24.2 Å². The smallest absolute Gasteiger partial charge is 0.292 e. The third kappa shape index (κ3) is 2.50. The number of piperidine rings is 2. The van der Waals surface area contributed by atoms with Crippen LogP contribution in [0.2, 0.25) is 0 Å². The number of rotatable bonds is 3. The van der Waals surface area contributed by atoms with Crippen molar-refractivity contribution in [3.63, 3.8) is 0 Å². The van der Waals surface area contributed by atoms with E-state index in [2.05, 4.69) is 17.3 Å². The summed E-state index contributed by atoms with van der Waals surface area (Å²) in [6.45, 7) is 0. The molecule has 2 unspecified atom stereocenters. The van der Waals surface area contributed by atoms with Crippen LogP contribution in [0, 0.1) is 10.1 Å². The minimum absolute atomic E-state index is 0.177. The fraction of sp³-hybridized carbons (Fsp3) is 0.600. The van der Waals surface area contributed by atoms with Crippen LogP contribution in [-0.2, 0) is 0 Å². The van der Waals surface area contributed by atoms with Crippen LogP contribution in [0.3, 0.4) is 0 Å². The van der Waals surface area contributed by atoms with Crippen LogP contribution in [0.5, 0.6) is 0 Å². The van der Waals surface area contributed by atoms with Crippen LogP contribution in [-0.4, -0.2) is 35.0 Å². The molecule has 2 aliphatic rings. The highest BCUT2D eigenvalue weighted by molar-refractivity contribution is 5.61. The second-order valence-corrected chi connectivity index (χ2v) is 5.99. The van der Waals surface area contributed by atoms with Gasteiger partial charge < -0.3 is 10.2 Å². The number of nitrogens with one attached hydrogen (secondary N) is 1. The van der Waals surface area contributed by atoms with E-state index in [9.17, 15) is 10.1 Å². The fourth-order valence-corrected chi connectivity index (χ4v) is 3.71. The fourth-order valence-electron chi connectivity index (χ4n) is 3.71. The molecule has 0 saturated carbocycles. The molecule has 2 bridgehead atoms. The van der Waals surface area contributed by atoms with E-state index < -0.39 is 0 Å². The molecule has 1 aromatic rings. The minimum atomic E-state index is -0.307. The molecule has 3 rings (SSSR count). The molecule has 108 valence electrons. The van der Waals surface area contributed by atoms with E-state index in [4.69, 9.17) is 0 Å². The van der Waals surface area contributed by atoms with Crippen LogP contribution < -0.4 is 5.32 Å². The molecule has 2 heterocycles. The van der Waals surface area contributed by atoms with Crippen molar-refractivity contribution in [2.24, 2.45) is 0 Å². The Bertz CT molecular complexity index is 492. The number of nitro benzene ring substituents is 1. The van der Waals surface area contributed by atoms with Crippen molar-refractivity contribution < 1.29 is 4.92 Å². The molecule has 0 aliphatic carbocycles. The number of anilines is 1. The highest BCUT2D eigenvalue weighted by atomic mass is 16.6. The van der Waals surface area contributed by atoms with Gasteiger partial charge in [0.05, 0.1) is 4.92 Å². The first-order valence-electron chi connectivity index (χ1n) is 7.37. The van der Waals surface area contributed by atoms with Crippen LogP contribution in [0.15, 0.2) is 24.3 Å². The van der Waals surface area contributed by atoms with Crippen LogP contribution in [0.4, 0.5) is 11.4 Å². The van der Waals surface area contributed by atoms with E-state index in [1.165, 1.54) is 19.3 Å². The first-order valence-corrected chi connectivity index (χ1v) is 7.37. The summed E-state index contributed by atoms with van der Waals surface area (Å²) < 4.78 is 0. The van der Waals surface area contributed by atoms with E-state index in [0.717, 1.165) is 12.8 Å². The topological polar surface area (TPSA) is 58.4 Å². The van der Waals surface area contributed by atoms with Gasteiger partial charge in [-0.1, -0.05) is 18.6 Å². The maximum atomic E-state index is 11.1. The Hall–Kier alpha value is -1.62. The second kappa shape index (κ2) is 5.40. The van der Waals surface area contributed by atoms with E-state index in [1.54, 1.807) is 12.1 Å². The molecule has 1 N–H and O–H groups in total. The summed E-state index contributed by atoms with van der Waals surface area (Å²) >= 11 is 0. The normalized spacial score (nSPS) is 29.9. The van der Waals surface area contributed by atoms with Gasteiger partial charge in [0.25, 0.3) is 5.69 Å². The van der Waals surface area contributed by atoms with Crippen molar-refractivity contribution in [3.8, 4) is 0 Å². The summed E-state index contributed by atoms with van der Waals surface area (Å²) in [5, 5.41) is 14.5. The SMILES string of the molecule is CN1C2CCCC1CC(Nc1ccccc1[N+](=O)[O-])C2. The van der Waals surface area contributed by atoms with Crippen molar-refractivity contribution >= 4 is 11.4 Å². The molecule has 0 spiro atoms. The van der Waals surface area contributed by atoms with Crippen molar-refractivity contribution in [1.29, 1.82) is 0 Å². The number of para-hydroxylation sites is 2. The van der Waals surface area contributed by atoms with Gasteiger partial charge in [0.15, 0.2) is 0 Å². The van der Waals surface area contributed by atoms with Gasteiger partial charge in [-0.2, -0.15) is 0 Å². The van der Waals surface area contributed by atoms with Crippen molar-refractivity contribution in [2.75, 3.05) is 12.4 Å². The molecule has 5 nitrogen and oxygen atoms in total. The number of hydrogen-bond acceptors (Lipinski definition) is 4. The second-order valence-electron chi connectivity index (χ2n) is 5.99. The van der Waals surface area contributed by atoms with Crippen molar-refractivity contribution in [3.05, 3.63) is 34.4 Å². The average Bonchev–Trinajstić information content (AvgIpc) is 2.40. The monoisotopic (exact) mass is 275 g/mol. The van der Waals surface area contributed by atoms with Gasteiger partial charge in [0.1, 0.15) is 5.69 Å². The van der Waals surface area contributed by atoms with Gasteiger partial charge in [-0.25, -0.2) is 0 Å². The quantitative estimate of drug-likeness (QED) is 0.680. The molecule has 2 atom stereocenters. The molecule has 0 aromatic heterocycles. The summed E-state index contributed by atoms with van der Waals surface area (Å²) in [6, 6.07) is 8.55. The zero-order chi connectivity index (χ0) is 14.1. The first-order chi connectivity index (χ1) is 9.65. The molecule has 2 aliphatic heterocycles. The zero-order valence-electron chi connectivity index (χ0n) is 11.8. The Kier molecular flexibility index (Phi) is 3.61. The Balaban J connectivity index is 1.74. The Labute approximate surface area is 119 Å². The third-order valence-corrected chi connectivity index (χ3v) is 4.80. The highest BCUT2D eigenvalue weighted by Crippen LogP contribution is 2.35. The van der Waals surface area contributed by atoms with Crippen LogP contribution in [0.1, 0.15) is 32.1 Å². The summed E-state index contributed by atoms with van der Waals surface area (Å²) in [6.07, 6.45) is 5.99. The molecule has 0 radical (unpaired) electrons. The molecule has 1 aromatic carbocycles. The number of benzene rings is 1. The van der Waals surface area contributed by atoms with Gasteiger partial charge in [-0.05, 0) is 38.8 Å². The van der Waals surface area contributed by atoms with Gasteiger partial charge in [-0.3, -0.25) is 10.1 Å². The molecule has 20 heavy (non-hydrogen) atoms. The third-order valence-electron chi connectivity index (χ3n) is 4.80. The maximum Gasteiger partial charge on any atom is 0.292 e. The van der Waals surface area contributed by atoms with Gasteiger partial charge >= 0.3 is 0 Å². The lowest BCUT2D eigenvalue weighted by atomic mass is 9.82. The van der Waals surface area contributed by atoms with Gasteiger partial charge in [0.2, 0.25) is 0 Å². The van der Waals surface area contributed by atoms with Crippen molar-refractivity contribution in [1.82, 2.24) is 4.90 Å². The molecular formula is C15H21N3O2. The number of hydrogen-bond donors (Lipinski definition) is 1. The lowest BCUT2D eigenvalue weighted by Crippen LogP contribution is -2.52. The summed E-state index contributed by atoms with van der Waals surface area (Å²) in [4.78, 5) is 13.3. The Morgan fingerprint density at radius 3 is 2.55 bits per heavy atom. The summed E-state index contributed by atoms with van der Waals surface area (Å²) in [5.74, 6) is 0. The Morgan fingerprint density at radius 1 is 1.25 bits per heavy atom. The minimum Gasteiger partial charge on any atom is -0.377 e. The first kappa shape index (κ1) is 13.4. The van der Waals surface area contributed by atoms with Crippen LogP contribution in [0.25, 0.3) is 0 Å². The number of nitrogens with zero attached hydrogens (tertiary/aromatic N) is 2. The lowest BCUT2D eigenvalue weighted by Gasteiger charge is -2.47. The average molecular weight is 275 g/mol. The number of nitro groups is 1. The van der Waals surface area contributed by atoms with Crippen LogP contribution >= 0.6 is 0 Å². The summed E-state index contributed by atoms with van der Waals surface area (Å²) in [7, 11) is 2.22. The molecule has 0 amide bonds. The lowest BCUT2D eigenvalue weighted by molar-refractivity contribution is -0.384. The predicted octanol–water partition coefficient (Wildman–Crippen LogP) is 3.02. The number of fused-ring (bicyclic) bond motifs is 2. The van der Waals surface area contributed by atoms with Gasteiger partial charge in [-0.15, -0.1) is 0 Å². The standard InChI is InChI=1S/C15H21N3O2/c1-17-12-5-4-6-13(17)10-11(9-12)16-14-7-2-3-8-15(14)18(19)20/h2-3,7-8,11-13,16H,4-6,9-10H2,1H3. The van der Waals surface area contributed by atoms with Crippen molar-refractivity contribution in [2.45, 2.75) is 50.2 Å². The largest absolute Gasteiger partial charge is 0.377 e. The van der Waals surface area contributed by atoms with E-state index in [0.29, 0.717) is 23.8 Å². The predicted molar refractivity (Wildman–Crippen MR) is 78.9 cm³/mol. The van der Waals surface area contributed by atoms with E-state index >= 15 is 0 Å². The summed E-state index contributed by atoms with van der Waals surface area (Å²) in [5.41, 5.74) is 0.835. The molecule has 2 saturated heterocycles. The van der Waals surface area contributed by atoms with E-state index in [-0.39, 0.29) is 10.6 Å². The Morgan fingerprint density at radius 2 is 1.90 bits per heavy atom. The zero-order valence-corrected chi connectivity index (χ0v) is 11.8. The molecule has 5 heteroatoms. The molecule has 2 fully saturated rings. The van der Waals surface area contributed by atoms with E-state index in [1.807, 2.05) is 12.1 Å². The highest BCUT2D eigenvalue weighted by Gasteiger charge is 2.36. The maximum absolute atomic E-state index is 11.1. The molecular weight excluding hydrogens is 254 g/mol.